The third kappa shape index (κ3) is 3.35. The van der Waals surface area contributed by atoms with E-state index in [1.807, 2.05) is 24.3 Å². The molecule has 5 heteroatoms. The van der Waals surface area contributed by atoms with Gasteiger partial charge in [-0.2, -0.15) is 0 Å². The molecule has 0 aliphatic carbocycles. The lowest BCUT2D eigenvalue weighted by molar-refractivity contribution is 0.0940. The van der Waals surface area contributed by atoms with Crippen molar-refractivity contribution in [2.45, 2.75) is 6.54 Å². The molecule has 2 rings (SSSR count). The van der Waals surface area contributed by atoms with E-state index in [0.717, 1.165) is 10.0 Å². The molecule has 2 aromatic rings. The molecule has 86 valence electrons. The molecule has 0 bridgehead atoms. The third-order valence-corrected chi connectivity index (χ3v) is 2.60. The van der Waals surface area contributed by atoms with Crippen molar-refractivity contribution in [3.05, 3.63) is 58.6 Å². The van der Waals surface area contributed by atoms with Crippen LogP contribution >= 0.6 is 15.9 Å². The second-order valence-electron chi connectivity index (χ2n) is 3.38. The molecule has 1 heterocycles. The number of benzene rings is 1. The average Bonchev–Trinajstić information content (AvgIpc) is 2.37. The summed E-state index contributed by atoms with van der Waals surface area (Å²) in [5, 5.41) is 2.76. The van der Waals surface area contributed by atoms with Crippen LogP contribution in [0, 0.1) is 0 Å². The van der Waals surface area contributed by atoms with Crippen molar-refractivity contribution in [1.29, 1.82) is 0 Å². The summed E-state index contributed by atoms with van der Waals surface area (Å²) in [6, 6.07) is 9.42. The minimum atomic E-state index is -0.273. The van der Waals surface area contributed by atoms with Gasteiger partial charge < -0.3 is 5.32 Å². The first-order valence-electron chi connectivity index (χ1n) is 5.05. The molecule has 0 spiro atoms. The molecular formula is C12H10BrN3O. The van der Waals surface area contributed by atoms with E-state index >= 15 is 0 Å². The van der Waals surface area contributed by atoms with Gasteiger partial charge in [0.1, 0.15) is 0 Å². The fraction of sp³-hybridized carbons (Fsp3) is 0.0833. The molecule has 1 aromatic heterocycles. The standard InChI is InChI=1S/C12H10BrN3O/c13-10-4-1-3-9(7-10)8-16-12(17)11-14-5-2-6-15-11/h1-7H,8H2,(H,16,17). The predicted octanol–water partition coefficient (Wildman–Crippen LogP) is 2.17. The quantitative estimate of drug-likeness (QED) is 0.943. The fourth-order valence-electron chi connectivity index (χ4n) is 1.32. The van der Waals surface area contributed by atoms with Crippen LogP contribution < -0.4 is 5.32 Å². The Morgan fingerprint density at radius 1 is 1.24 bits per heavy atom. The summed E-state index contributed by atoms with van der Waals surface area (Å²) in [6.45, 7) is 0.455. The minimum absolute atomic E-state index is 0.183. The number of rotatable bonds is 3. The molecule has 0 fully saturated rings. The number of aromatic nitrogens is 2. The third-order valence-electron chi connectivity index (χ3n) is 2.11. The first-order valence-corrected chi connectivity index (χ1v) is 5.84. The fourth-order valence-corrected chi connectivity index (χ4v) is 1.77. The Bertz CT molecular complexity index is 516. The van der Waals surface area contributed by atoms with E-state index in [9.17, 15) is 4.79 Å². The molecule has 4 nitrogen and oxygen atoms in total. The van der Waals surface area contributed by atoms with E-state index in [2.05, 4.69) is 31.2 Å². The largest absolute Gasteiger partial charge is 0.345 e. The second-order valence-corrected chi connectivity index (χ2v) is 4.30. The molecule has 0 aliphatic heterocycles. The molecule has 1 aromatic carbocycles. The normalized spacial score (nSPS) is 9.94. The summed E-state index contributed by atoms with van der Waals surface area (Å²) in [5.74, 6) is -0.0897. The van der Waals surface area contributed by atoms with Gasteiger partial charge in [-0.05, 0) is 23.8 Å². The van der Waals surface area contributed by atoms with E-state index in [1.165, 1.54) is 0 Å². The molecular weight excluding hydrogens is 282 g/mol. The van der Waals surface area contributed by atoms with Gasteiger partial charge in [-0.25, -0.2) is 9.97 Å². The van der Waals surface area contributed by atoms with Gasteiger partial charge in [0.15, 0.2) is 0 Å². The van der Waals surface area contributed by atoms with Gasteiger partial charge in [-0.15, -0.1) is 0 Å². The van der Waals surface area contributed by atoms with Crippen LogP contribution in [0.3, 0.4) is 0 Å². The lowest BCUT2D eigenvalue weighted by Crippen LogP contribution is -2.24. The maximum atomic E-state index is 11.7. The number of carbonyl (C=O) groups excluding carboxylic acids is 1. The Labute approximate surface area is 107 Å². The van der Waals surface area contributed by atoms with Crippen LogP contribution in [0.15, 0.2) is 47.2 Å². The zero-order valence-corrected chi connectivity index (χ0v) is 10.5. The molecule has 1 N–H and O–H groups in total. The lowest BCUT2D eigenvalue weighted by atomic mass is 10.2. The SMILES string of the molecule is O=C(NCc1cccc(Br)c1)c1ncccn1. The van der Waals surface area contributed by atoms with Gasteiger partial charge in [0, 0.05) is 23.4 Å². The zero-order chi connectivity index (χ0) is 12.1. The summed E-state index contributed by atoms with van der Waals surface area (Å²) in [4.78, 5) is 19.4. The Morgan fingerprint density at radius 3 is 2.71 bits per heavy atom. The summed E-state index contributed by atoms with van der Waals surface area (Å²) in [5.41, 5.74) is 1.02. The van der Waals surface area contributed by atoms with Crippen LogP contribution in [-0.4, -0.2) is 15.9 Å². The van der Waals surface area contributed by atoms with Gasteiger partial charge in [-0.1, -0.05) is 28.1 Å². The Kier molecular flexibility index (Phi) is 3.82. The van der Waals surface area contributed by atoms with Gasteiger partial charge in [0.25, 0.3) is 5.91 Å². The van der Waals surface area contributed by atoms with Crippen molar-refractivity contribution in [2.24, 2.45) is 0 Å². The topological polar surface area (TPSA) is 54.9 Å². The zero-order valence-electron chi connectivity index (χ0n) is 8.93. The van der Waals surface area contributed by atoms with E-state index in [4.69, 9.17) is 0 Å². The second kappa shape index (κ2) is 5.54. The summed E-state index contributed by atoms with van der Waals surface area (Å²) >= 11 is 3.38. The molecule has 0 atom stereocenters. The first kappa shape index (κ1) is 11.7. The smallest absolute Gasteiger partial charge is 0.289 e. The van der Waals surface area contributed by atoms with Gasteiger partial charge >= 0.3 is 0 Å². The summed E-state index contributed by atoms with van der Waals surface area (Å²) in [6.07, 6.45) is 3.09. The maximum absolute atomic E-state index is 11.7. The molecule has 0 aliphatic rings. The number of hydrogen-bond acceptors (Lipinski definition) is 3. The molecule has 0 radical (unpaired) electrons. The highest BCUT2D eigenvalue weighted by atomic mass is 79.9. The Balaban J connectivity index is 1.97. The van der Waals surface area contributed by atoms with Crippen molar-refractivity contribution in [2.75, 3.05) is 0 Å². The van der Waals surface area contributed by atoms with Gasteiger partial charge in [0.2, 0.25) is 5.82 Å². The molecule has 0 saturated heterocycles. The van der Waals surface area contributed by atoms with Crippen molar-refractivity contribution in [3.8, 4) is 0 Å². The summed E-state index contributed by atoms with van der Waals surface area (Å²) in [7, 11) is 0. The summed E-state index contributed by atoms with van der Waals surface area (Å²) < 4.78 is 0.986. The van der Waals surface area contributed by atoms with Crippen LogP contribution in [-0.2, 0) is 6.54 Å². The number of amides is 1. The average molecular weight is 292 g/mol. The number of carbonyl (C=O) groups is 1. The highest BCUT2D eigenvalue weighted by Crippen LogP contribution is 2.11. The maximum Gasteiger partial charge on any atom is 0.289 e. The number of hydrogen-bond donors (Lipinski definition) is 1. The van der Waals surface area contributed by atoms with Crippen molar-refractivity contribution in [1.82, 2.24) is 15.3 Å². The predicted molar refractivity (Wildman–Crippen MR) is 67.3 cm³/mol. The molecule has 1 amide bonds. The number of halogens is 1. The van der Waals surface area contributed by atoms with Crippen molar-refractivity contribution >= 4 is 21.8 Å². The van der Waals surface area contributed by atoms with E-state index < -0.39 is 0 Å². The minimum Gasteiger partial charge on any atom is -0.345 e. The van der Waals surface area contributed by atoms with Crippen LogP contribution in [0.1, 0.15) is 16.2 Å². The number of nitrogens with one attached hydrogen (secondary N) is 1. The van der Waals surface area contributed by atoms with Crippen LogP contribution in [0.5, 0.6) is 0 Å². The van der Waals surface area contributed by atoms with E-state index in [-0.39, 0.29) is 11.7 Å². The van der Waals surface area contributed by atoms with Crippen LogP contribution in [0.4, 0.5) is 0 Å². The van der Waals surface area contributed by atoms with Crippen molar-refractivity contribution < 1.29 is 4.79 Å². The van der Waals surface area contributed by atoms with Crippen LogP contribution in [0.25, 0.3) is 0 Å². The van der Waals surface area contributed by atoms with Gasteiger partial charge in [-0.3, -0.25) is 4.79 Å². The van der Waals surface area contributed by atoms with Crippen molar-refractivity contribution in [3.63, 3.8) is 0 Å². The van der Waals surface area contributed by atoms with E-state index in [1.54, 1.807) is 18.5 Å². The number of nitrogens with zero attached hydrogens (tertiary/aromatic N) is 2. The van der Waals surface area contributed by atoms with Gasteiger partial charge in [0.05, 0.1) is 0 Å². The van der Waals surface area contributed by atoms with Crippen LogP contribution in [0.2, 0.25) is 0 Å². The molecule has 0 unspecified atom stereocenters. The molecule has 17 heavy (non-hydrogen) atoms. The highest BCUT2D eigenvalue weighted by Gasteiger charge is 2.06. The lowest BCUT2D eigenvalue weighted by Gasteiger charge is -2.04. The monoisotopic (exact) mass is 291 g/mol. The van der Waals surface area contributed by atoms with E-state index in [0.29, 0.717) is 6.54 Å². The highest BCUT2D eigenvalue weighted by molar-refractivity contribution is 9.10. The Hall–Kier alpha value is -1.75. The molecule has 0 saturated carbocycles. The Morgan fingerprint density at radius 2 is 2.00 bits per heavy atom. The first-order chi connectivity index (χ1) is 8.25.